The Morgan fingerprint density at radius 2 is 2.06 bits per heavy atom. The highest BCUT2D eigenvalue weighted by atomic mass is 15.3. The summed E-state index contributed by atoms with van der Waals surface area (Å²) in [6.45, 7) is 7.48. The Morgan fingerprint density at radius 3 is 2.72 bits per heavy atom. The fraction of sp³-hybridized carbons (Fsp3) is 0.538. The first kappa shape index (κ1) is 12.8. The van der Waals surface area contributed by atoms with Crippen LogP contribution in [0.1, 0.15) is 13.3 Å². The molecule has 0 N–H and O–H groups in total. The monoisotopic (exact) mass is 247 g/mol. The largest absolute Gasteiger partial charge is 0.337 e. The zero-order valence-electron chi connectivity index (χ0n) is 10.9. The Hall–Kier alpha value is -1.62. The van der Waals surface area contributed by atoms with Gasteiger partial charge in [0.15, 0.2) is 0 Å². The molecule has 18 heavy (non-hydrogen) atoms. The van der Waals surface area contributed by atoms with Gasteiger partial charge >= 0.3 is 0 Å². The first-order chi connectivity index (χ1) is 8.88. The summed E-state index contributed by atoms with van der Waals surface area (Å²) in [5.41, 5.74) is 0. The van der Waals surface area contributed by atoms with Crippen LogP contribution >= 0.6 is 0 Å². The molecule has 0 aliphatic heterocycles. The molecule has 0 bridgehead atoms. The minimum absolute atomic E-state index is 0.964. The van der Waals surface area contributed by atoms with Gasteiger partial charge in [-0.2, -0.15) is 5.10 Å². The maximum atomic E-state index is 4.22. The minimum atomic E-state index is 0.964. The van der Waals surface area contributed by atoms with E-state index in [9.17, 15) is 0 Å². The van der Waals surface area contributed by atoms with Crippen LogP contribution in [0.25, 0.3) is 0 Å². The van der Waals surface area contributed by atoms with Crippen molar-refractivity contribution in [3.63, 3.8) is 0 Å². The van der Waals surface area contributed by atoms with Gasteiger partial charge in [0.2, 0.25) is 0 Å². The van der Waals surface area contributed by atoms with Gasteiger partial charge in [-0.3, -0.25) is 4.68 Å². The molecule has 0 saturated carbocycles. The predicted molar refractivity (Wildman–Crippen MR) is 71.2 cm³/mol. The number of imidazole rings is 1. The van der Waals surface area contributed by atoms with Crippen molar-refractivity contribution in [3.05, 3.63) is 37.2 Å². The second-order valence-corrected chi connectivity index (χ2v) is 4.36. The first-order valence-corrected chi connectivity index (χ1v) is 6.54. The summed E-state index contributed by atoms with van der Waals surface area (Å²) in [6.07, 6.45) is 10.7. The number of hydrogen-bond acceptors (Lipinski definition) is 3. The zero-order chi connectivity index (χ0) is 12.6. The molecule has 0 aliphatic carbocycles. The average Bonchev–Trinajstić information content (AvgIpc) is 3.06. The molecule has 5 heteroatoms. The van der Waals surface area contributed by atoms with Crippen LogP contribution in [0.15, 0.2) is 37.2 Å². The molecule has 0 unspecified atom stereocenters. The van der Waals surface area contributed by atoms with E-state index >= 15 is 0 Å². The van der Waals surface area contributed by atoms with E-state index in [-0.39, 0.29) is 0 Å². The molecule has 0 saturated heterocycles. The second-order valence-electron chi connectivity index (χ2n) is 4.36. The van der Waals surface area contributed by atoms with Gasteiger partial charge in [-0.25, -0.2) is 4.98 Å². The topological polar surface area (TPSA) is 38.9 Å². The molecule has 0 aromatic carbocycles. The molecule has 2 aromatic heterocycles. The standard InChI is InChI=1S/C13H21N5/c1-2-16(11-12-18-9-3-5-15-18)7-4-8-17-10-6-14-13-17/h3,5-6,9-10,13H,2,4,7-8,11-12H2,1H3. The lowest BCUT2D eigenvalue weighted by molar-refractivity contribution is 0.263. The highest BCUT2D eigenvalue weighted by Gasteiger charge is 2.02. The summed E-state index contributed by atoms with van der Waals surface area (Å²) in [6, 6.07) is 1.97. The molecule has 5 nitrogen and oxygen atoms in total. The molecule has 98 valence electrons. The number of aryl methyl sites for hydroxylation is 1. The third-order valence-corrected chi connectivity index (χ3v) is 3.10. The van der Waals surface area contributed by atoms with Crippen molar-refractivity contribution < 1.29 is 0 Å². The van der Waals surface area contributed by atoms with E-state index in [1.807, 2.05) is 41.9 Å². The van der Waals surface area contributed by atoms with E-state index in [4.69, 9.17) is 0 Å². The van der Waals surface area contributed by atoms with Crippen molar-refractivity contribution in [2.24, 2.45) is 0 Å². The lowest BCUT2D eigenvalue weighted by Gasteiger charge is -2.20. The molecular weight excluding hydrogens is 226 g/mol. The van der Waals surface area contributed by atoms with E-state index in [2.05, 4.69) is 26.5 Å². The van der Waals surface area contributed by atoms with Crippen LogP contribution in [0.3, 0.4) is 0 Å². The minimum Gasteiger partial charge on any atom is -0.337 e. The maximum Gasteiger partial charge on any atom is 0.0945 e. The third-order valence-electron chi connectivity index (χ3n) is 3.10. The van der Waals surface area contributed by atoms with E-state index < -0.39 is 0 Å². The number of hydrogen-bond donors (Lipinski definition) is 0. The molecule has 0 spiro atoms. The van der Waals surface area contributed by atoms with Crippen molar-refractivity contribution in [3.8, 4) is 0 Å². The van der Waals surface area contributed by atoms with Crippen molar-refractivity contribution in [1.82, 2.24) is 24.2 Å². The summed E-state index contributed by atoms with van der Waals surface area (Å²) in [7, 11) is 0. The van der Waals surface area contributed by atoms with Crippen LogP contribution < -0.4 is 0 Å². The Morgan fingerprint density at radius 1 is 1.11 bits per heavy atom. The van der Waals surface area contributed by atoms with E-state index in [1.165, 1.54) is 0 Å². The number of aromatic nitrogens is 4. The molecule has 2 aromatic rings. The summed E-state index contributed by atoms with van der Waals surface area (Å²) in [4.78, 5) is 6.50. The Kier molecular flexibility index (Phi) is 4.96. The Bertz CT molecular complexity index is 407. The fourth-order valence-electron chi connectivity index (χ4n) is 2.00. The second kappa shape index (κ2) is 6.96. The van der Waals surface area contributed by atoms with Crippen molar-refractivity contribution in [2.45, 2.75) is 26.4 Å². The van der Waals surface area contributed by atoms with E-state index in [1.54, 1.807) is 0 Å². The first-order valence-electron chi connectivity index (χ1n) is 6.54. The molecule has 0 fully saturated rings. The van der Waals surface area contributed by atoms with Crippen LogP contribution in [-0.4, -0.2) is 43.9 Å². The van der Waals surface area contributed by atoms with Gasteiger partial charge in [0, 0.05) is 37.9 Å². The SMILES string of the molecule is CCN(CCCn1ccnc1)CCn1cccn1. The summed E-state index contributed by atoms with van der Waals surface area (Å²) >= 11 is 0. The van der Waals surface area contributed by atoms with Crippen LogP contribution in [0, 0.1) is 0 Å². The highest BCUT2D eigenvalue weighted by molar-refractivity contribution is 4.78. The van der Waals surface area contributed by atoms with E-state index in [0.29, 0.717) is 0 Å². The summed E-state index contributed by atoms with van der Waals surface area (Å²) < 4.78 is 4.11. The number of nitrogens with zero attached hydrogens (tertiary/aromatic N) is 5. The van der Waals surface area contributed by atoms with Gasteiger partial charge in [-0.15, -0.1) is 0 Å². The molecule has 0 atom stereocenters. The van der Waals surface area contributed by atoms with Crippen molar-refractivity contribution in [1.29, 1.82) is 0 Å². The molecule has 0 amide bonds. The van der Waals surface area contributed by atoms with Gasteiger partial charge < -0.3 is 9.47 Å². The molecule has 2 rings (SSSR count). The van der Waals surface area contributed by atoms with Gasteiger partial charge in [-0.1, -0.05) is 6.92 Å². The quantitative estimate of drug-likeness (QED) is 0.709. The lowest BCUT2D eigenvalue weighted by atomic mass is 10.3. The predicted octanol–water partition coefficient (Wildman–Crippen LogP) is 1.49. The summed E-state index contributed by atoms with van der Waals surface area (Å²) in [5.74, 6) is 0. The van der Waals surface area contributed by atoms with Gasteiger partial charge in [0.25, 0.3) is 0 Å². The van der Waals surface area contributed by atoms with E-state index in [0.717, 1.165) is 39.1 Å². The fourth-order valence-corrected chi connectivity index (χ4v) is 2.00. The zero-order valence-corrected chi connectivity index (χ0v) is 10.9. The Labute approximate surface area is 108 Å². The maximum absolute atomic E-state index is 4.22. The van der Waals surface area contributed by atoms with Crippen LogP contribution in [0.2, 0.25) is 0 Å². The average molecular weight is 247 g/mol. The molecule has 0 radical (unpaired) electrons. The van der Waals surface area contributed by atoms with Crippen LogP contribution in [-0.2, 0) is 13.1 Å². The van der Waals surface area contributed by atoms with Gasteiger partial charge in [-0.05, 0) is 25.6 Å². The highest BCUT2D eigenvalue weighted by Crippen LogP contribution is 1.97. The molecular formula is C13H21N5. The normalized spacial score (nSPS) is 11.2. The lowest BCUT2D eigenvalue weighted by Crippen LogP contribution is -2.29. The van der Waals surface area contributed by atoms with Crippen molar-refractivity contribution in [2.75, 3.05) is 19.6 Å². The van der Waals surface area contributed by atoms with Crippen LogP contribution in [0.4, 0.5) is 0 Å². The van der Waals surface area contributed by atoms with Gasteiger partial charge in [0.1, 0.15) is 0 Å². The summed E-state index contributed by atoms with van der Waals surface area (Å²) in [5, 5.41) is 4.22. The molecule has 2 heterocycles. The number of rotatable bonds is 8. The molecule has 0 aliphatic rings. The van der Waals surface area contributed by atoms with Crippen LogP contribution in [0.5, 0.6) is 0 Å². The number of likely N-dealkylation sites (N-methyl/N-ethyl adjacent to an activating group) is 1. The van der Waals surface area contributed by atoms with Crippen molar-refractivity contribution >= 4 is 0 Å². The Balaban J connectivity index is 1.65. The smallest absolute Gasteiger partial charge is 0.0945 e. The van der Waals surface area contributed by atoms with Gasteiger partial charge in [0.05, 0.1) is 12.9 Å². The third kappa shape index (κ3) is 4.00.